The first-order chi connectivity index (χ1) is 9.93. The summed E-state index contributed by atoms with van der Waals surface area (Å²) < 4.78 is 4.62. The molecule has 0 heterocycles. The smallest absolute Gasteiger partial charge is 0.666 e. The zero-order valence-corrected chi connectivity index (χ0v) is 13.3. The second-order valence-corrected chi connectivity index (χ2v) is 4.42. The van der Waals surface area contributed by atoms with E-state index < -0.39 is 36.4 Å². The van der Waals surface area contributed by atoms with Crippen LogP contribution in [-0.4, -0.2) is 42.1 Å². The van der Waals surface area contributed by atoms with Gasteiger partial charge in [-0.05, 0) is 11.6 Å². The molecule has 3 N–H and O–H groups in total. The van der Waals surface area contributed by atoms with E-state index in [2.05, 4.69) is 10.1 Å². The van der Waals surface area contributed by atoms with Crippen LogP contribution in [0.25, 0.3) is 5.73 Å². The summed E-state index contributed by atoms with van der Waals surface area (Å²) in [6.07, 6.45) is -0.413. The number of hydrogen-bond acceptors (Lipinski definition) is 4. The number of carboxylic acids is 1. The summed E-state index contributed by atoms with van der Waals surface area (Å²) in [5.41, 5.74) is 8.25. The van der Waals surface area contributed by atoms with Crippen molar-refractivity contribution in [2.45, 2.75) is 24.9 Å². The fourth-order valence-corrected chi connectivity index (χ4v) is 1.72. The third kappa shape index (κ3) is 6.86. The number of nitrogens with one attached hydrogen (secondary N) is 2. The predicted octanol–water partition coefficient (Wildman–Crippen LogP) is 0.780. The quantitative estimate of drug-likeness (QED) is 0.518. The molecule has 0 radical (unpaired) electrons. The standard InChI is InChI=1S/C14H17N2O5.Ag/c1-21-14(20)11(7-9-5-3-2-4-6-9)16-13(19)10(15)8-12(17)18;/h2-6,10-11,15H,7-8H2,1H3,(H,16,19)(H,17,18);/q-1;+1. The maximum atomic E-state index is 11.7. The summed E-state index contributed by atoms with van der Waals surface area (Å²) >= 11 is 0. The summed E-state index contributed by atoms with van der Waals surface area (Å²) in [5.74, 6) is -2.71. The number of carbonyl (C=O) groups excluding carboxylic acids is 2. The third-order valence-corrected chi connectivity index (χ3v) is 2.78. The molecule has 0 aliphatic carbocycles. The molecular formula is C14H17AgN2O5. The molecule has 1 amide bonds. The molecule has 8 heteroatoms. The molecule has 0 aliphatic rings. The number of esters is 1. The van der Waals surface area contributed by atoms with Crippen LogP contribution in [0, 0.1) is 0 Å². The minimum atomic E-state index is -1.47. The SMILES string of the molecule is COC(=O)C(Cc1ccccc1)NC(=O)C([NH-])CC(=O)O.[Ag+]. The van der Waals surface area contributed by atoms with Crippen molar-refractivity contribution >= 4 is 17.8 Å². The Morgan fingerprint density at radius 3 is 2.36 bits per heavy atom. The van der Waals surface area contributed by atoms with Gasteiger partial charge >= 0.3 is 34.3 Å². The molecule has 0 aromatic heterocycles. The summed E-state index contributed by atoms with van der Waals surface area (Å²) in [7, 11) is 1.20. The van der Waals surface area contributed by atoms with Crippen LogP contribution in [0.15, 0.2) is 30.3 Å². The number of hydrogen-bond donors (Lipinski definition) is 2. The van der Waals surface area contributed by atoms with Gasteiger partial charge in [-0.3, -0.25) is 9.59 Å². The largest absolute Gasteiger partial charge is 1.00 e. The van der Waals surface area contributed by atoms with E-state index in [1.165, 1.54) is 7.11 Å². The molecule has 0 bridgehead atoms. The number of amides is 1. The van der Waals surface area contributed by atoms with Crippen LogP contribution in [0.3, 0.4) is 0 Å². The van der Waals surface area contributed by atoms with Crippen LogP contribution in [0.4, 0.5) is 0 Å². The molecule has 0 spiro atoms. The minimum absolute atomic E-state index is 0. The second-order valence-electron chi connectivity index (χ2n) is 4.42. The fourth-order valence-electron chi connectivity index (χ4n) is 1.72. The van der Waals surface area contributed by atoms with Gasteiger partial charge in [0.15, 0.2) is 0 Å². The van der Waals surface area contributed by atoms with E-state index in [9.17, 15) is 14.4 Å². The number of carbonyl (C=O) groups is 3. The van der Waals surface area contributed by atoms with E-state index in [0.717, 1.165) is 5.56 Å². The van der Waals surface area contributed by atoms with Crippen molar-refractivity contribution in [1.29, 1.82) is 0 Å². The molecule has 1 aromatic rings. The molecule has 1 aromatic carbocycles. The van der Waals surface area contributed by atoms with Crippen molar-refractivity contribution < 1.29 is 46.6 Å². The van der Waals surface area contributed by atoms with E-state index in [-0.39, 0.29) is 28.8 Å². The molecule has 0 fully saturated rings. The van der Waals surface area contributed by atoms with Gasteiger partial charge in [-0.25, -0.2) is 4.79 Å². The molecule has 1 rings (SSSR count). The minimum Gasteiger partial charge on any atom is -0.666 e. The number of aliphatic carboxylic acids is 1. The van der Waals surface area contributed by atoms with Gasteiger partial charge in [-0.1, -0.05) is 30.3 Å². The first kappa shape index (κ1) is 20.3. The first-order valence-corrected chi connectivity index (χ1v) is 6.29. The van der Waals surface area contributed by atoms with Crippen LogP contribution in [0.5, 0.6) is 0 Å². The number of ether oxygens (including phenoxy) is 1. The van der Waals surface area contributed by atoms with Crippen LogP contribution in [0.1, 0.15) is 12.0 Å². The molecule has 22 heavy (non-hydrogen) atoms. The second kappa shape index (κ2) is 10.1. The average molecular weight is 401 g/mol. The van der Waals surface area contributed by atoms with E-state index in [1.807, 2.05) is 6.07 Å². The summed E-state index contributed by atoms with van der Waals surface area (Å²) in [5, 5.41) is 10.9. The Balaban J connectivity index is 0.00000441. The monoisotopic (exact) mass is 400 g/mol. The maximum Gasteiger partial charge on any atom is 1.00 e. The summed E-state index contributed by atoms with van der Waals surface area (Å²) in [6, 6.07) is 6.57. The summed E-state index contributed by atoms with van der Waals surface area (Å²) in [6.45, 7) is 0. The van der Waals surface area contributed by atoms with Gasteiger partial charge in [0.05, 0.1) is 7.11 Å². The zero-order valence-electron chi connectivity index (χ0n) is 11.8. The van der Waals surface area contributed by atoms with Gasteiger partial charge < -0.3 is 20.9 Å². The van der Waals surface area contributed by atoms with Crippen LogP contribution in [0.2, 0.25) is 0 Å². The molecule has 2 unspecified atom stereocenters. The molecule has 124 valence electrons. The van der Waals surface area contributed by atoms with Crippen molar-refractivity contribution in [3.05, 3.63) is 41.6 Å². The van der Waals surface area contributed by atoms with Crippen LogP contribution < -0.4 is 5.32 Å². The van der Waals surface area contributed by atoms with Crippen molar-refractivity contribution in [2.75, 3.05) is 7.11 Å². The van der Waals surface area contributed by atoms with Gasteiger partial charge in [0, 0.05) is 12.8 Å². The Labute approximate surface area is 143 Å². The first-order valence-electron chi connectivity index (χ1n) is 6.29. The van der Waals surface area contributed by atoms with Crippen molar-refractivity contribution in [3.8, 4) is 0 Å². The number of carboxylic acid groups (broad SMARTS) is 1. The fraction of sp³-hybridized carbons (Fsp3) is 0.357. The third-order valence-electron chi connectivity index (χ3n) is 2.78. The van der Waals surface area contributed by atoms with Crippen molar-refractivity contribution in [3.63, 3.8) is 0 Å². The van der Waals surface area contributed by atoms with Gasteiger partial charge in [-0.2, -0.15) is 0 Å². The van der Waals surface area contributed by atoms with E-state index >= 15 is 0 Å². The normalized spacial score (nSPS) is 12.5. The Kier molecular flexibility index (Phi) is 9.35. The molecule has 0 aliphatic heterocycles. The van der Waals surface area contributed by atoms with Gasteiger partial charge in [-0.15, -0.1) is 0 Å². The van der Waals surface area contributed by atoms with E-state index in [0.29, 0.717) is 0 Å². The predicted molar refractivity (Wildman–Crippen MR) is 74.5 cm³/mol. The van der Waals surface area contributed by atoms with Gasteiger partial charge in [0.25, 0.3) is 0 Å². The Bertz CT molecular complexity index is 509. The van der Waals surface area contributed by atoms with E-state index in [4.69, 9.17) is 10.8 Å². The zero-order chi connectivity index (χ0) is 15.8. The number of methoxy groups -OCH3 is 1. The van der Waals surface area contributed by atoms with Gasteiger partial charge in [0.2, 0.25) is 5.91 Å². The van der Waals surface area contributed by atoms with Crippen LogP contribution in [-0.2, 0) is 47.9 Å². The Morgan fingerprint density at radius 2 is 1.86 bits per heavy atom. The maximum absolute atomic E-state index is 11.7. The molecule has 0 saturated carbocycles. The molecular weight excluding hydrogens is 384 g/mol. The average Bonchev–Trinajstić information content (AvgIpc) is 2.46. The van der Waals surface area contributed by atoms with Crippen molar-refractivity contribution in [2.24, 2.45) is 0 Å². The topological polar surface area (TPSA) is 117 Å². The Morgan fingerprint density at radius 1 is 1.27 bits per heavy atom. The molecule has 7 nitrogen and oxygen atoms in total. The van der Waals surface area contributed by atoms with E-state index in [1.54, 1.807) is 24.3 Å². The number of benzene rings is 1. The summed E-state index contributed by atoms with van der Waals surface area (Å²) in [4.78, 5) is 33.9. The molecule has 0 saturated heterocycles. The molecule has 2 atom stereocenters. The number of rotatable bonds is 7. The van der Waals surface area contributed by atoms with Gasteiger partial charge in [0.1, 0.15) is 6.04 Å². The van der Waals surface area contributed by atoms with Crippen LogP contribution >= 0.6 is 0 Å². The van der Waals surface area contributed by atoms with Crippen molar-refractivity contribution in [1.82, 2.24) is 5.32 Å². The Hall–Kier alpha value is -1.67.